The van der Waals surface area contributed by atoms with Crippen molar-refractivity contribution >= 4 is 5.97 Å². The summed E-state index contributed by atoms with van der Waals surface area (Å²) in [6.07, 6.45) is 14.3. The van der Waals surface area contributed by atoms with Gasteiger partial charge in [-0.2, -0.15) is 0 Å². The minimum atomic E-state index is -0.0720. The normalized spacial score (nSPS) is 49.0. The number of aliphatic hydroxyl groups excluding tert-OH is 1. The van der Waals surface area contributed by atoms with Crippen LogP contribution in [-0.2, 0) is 9.53 Å². The minimum Gasteiger partial charge on any atom is -0.469 e. The third-order valence-electron chi connectivity index (χ3n) is 9.95. The van der Waals surface area contributed by atoms with Crippen molar-refractivity contribution in [3.05, 3.63) is 0 Å². The maximum Gasteiger partial charge on any atom is 0.305 e. The zero-order valence-electron chi connectivity index (χ0n) is 17.7. The van der Waals surface area contributed by atoms with Crippen molar-refractivity contribution in [3.63, 3.8) is 0 Å². The molecule has 6 unspecified atom stereocenters. The molecule has 1 N–H and O–H groups in total. The SMILES string of the molecule is COC(=O)CCCC1CCC2C3C[C@H](O)C4CCCCC4(C)[C@H]3CCC12C. The topological polar surface area (TPSA) is 46.5 Å². The van der Waals surface area contributed by atoms with Gasteiger partial charge in [0.05, 0.1) is 13.2 Å². The van der Waals surface area contributed by atoms with E-state index in [1.165, 1.54) is 64.9 Å². The van der Waals surface area contributed by atoms with Crippen LogP contribution in [0.2, 0.25) is 0 Å². The van der Waals surface area contributed by atoms with Gasteiger partial charge < -0.3 is 9.84 Å². The number of esters is 1. The molecule has 0 aromatic carbocycles. The molecular weight excluding hydrogens is 336 g/mol. The van der Waals surface area contributed by atoms with Crippen LogP contribution in [0.3, 0.4) is 0 Å². The van der Waals surface area contributed by atoms with Gasteiger partial charge in [0.2, 0.25) is 0 Å². The molecule has 27 heavy (non-hydrogen) atoms. The van der Waals surface area contributed by atoms with Crippen molar-refractivity contribution < 1.29 is 14.6 Å². The van der Waals surface area contributed by atoms with E-state index in [2.05, 4.69) is 13.8 Å². The van der Waals surface area contributed by atoms with Crippen molar-refractivity contribution in [1.82, 2.24) is 0 Å². The third-order valence-corrected chi connectivity index (χ3v) is 9.95. The van der Waals surface area contributed by atoms with Crippen LogP contribution in [0.1, 0.15) is 90.9 Å². The first-order chi connectivity index (χ1) is 12.9. The lowest BCUT2D eigenvalue weighted by Gasteiger charge is -2.61. The lowest BCUT2D eigenvalue weighted by Crippen LogP contribution is -2.56. The summed E-state index contributed by atoms with van der Waals surface area (Å²) in [5.41, 5.74) is 0.805. The summed E-state index contributed by atoms with van der Waals surface area (Å²) in [7, 11) is 1.49. The minimum absolute atomic E-state index is 0.0647. The Bertz CT molecular complexity index is 560. The zero-order valence-corrected chi connectivity index (χ0v) is 17.7. The molecule has 3 nitrogen and oxygen atoms in total. The first-order valence-corrected chi connectivity index (χ1v) is 11.6. The van der Waals surface area contributed by atoms with E-state index < -0.39 is 0 Å². The van der Waals surface area contributed by atoms with Gasteiger partial charge in [-0.15, -0.1) is 0 Å². The largest absolute Gasteiger partial charge is 0.469 e. The highest BCUT2D eigenvalue weighted by atomic mass is 16.5. The molecule has 4 saturated carbocycles. The molecule has 0 spiro atoms. The molecule has 0 heterocycles. The number of hydrogen-bond donors (Lipinski definition) is 1. The second-order valence-electron chi connectivity index (χ2n) is 10.8. The molecule has 0 saturated heterocycles. The van der Waals surface area contributed by atoms with Crippen LogP contribution in [0.25, 0.3) is 0 Å². The third kappa shape index (κ3) is 3.16. The molecule has 0 radical (unpaired) electrons. The fourth-order valence-electron chi connectivity index (χ4n) is 8.53. The number of fused-ring (bicyclic) bond motifs is 5. The molecule has 4 aliphatic rings. The van der Waals surface area contributed by atoms with Crippen LogP contribution in [0, 0.1) is 40.4 Å². The van der Waals surface area contributed by atoms with E-state index in [1.54, 1.807) is 0 Å². The highest BCUT2D eigenvalue weighted by Gasteiger charge is 2.61. The molecular formula is C24H40O3. The standard InChI is InChI=1S/C24H40O3/c1-23-14-12-19-17(15-21(25)20-8-4-5-13-24(19,20)2)18(23)11-10-16(23)7-6-9-22(26)27-3/h16-21,25H,4-15H2,1-3H3/t16?,17?,18?,19-,20?,21-,23?,24?/m0/s1. The first kappa shape index (κ1) is 19.7. The van der Waals surface area contributed by atoms with E-state index in [1.807, 2.05) is 0 Å². The Kier molecular flexibility index (Phi) is 5.37. The van der Waals surface area contributed by atoms with Gasteiger partial charge in [-0.05, 0) is 98.2 Å². The quantitative estimate of drug-likeness (QED) is 0.673. The summed E-state index contributed by atoms with van der Waals surface area (Å²) < 4.78 is 4.82. The summed E-state index contributed by atoms with van der Waals surface area (Å²) >= 11 is 0. The predicted molar refractivity (Wildman–Crippen MR) is 107 cm³/mol. The number of aliphatic hydroxyl groups is 1. The smallest absolute Gasteiger partial charge is 0.305 e. The van der Waals surface area contributed by atoms with Crippen LogP contribution in [-0.4, -0.2) is 24.3 Å². The van der Waals surface area contributed by atoms with Crippen molar-refractivity contribution in [2.24, 2.45) is 40.4 Å². The average molecular weight is 377 g/mol. The average Bonchev–Trinajstić information content (AvgIpc) is 2.98. The number of methoxy groups -OCH3 is 1. The van der Waals surface area contributed by atoms with Gasteiger partial charge >= 0.3 is 5.97 Å². The highest BCUT2D eigenvalue weighted by molar-refractivity contribution is 5.68. The van der Waals surface area contributed by atoms with Gasteiger partial charge in [-0.3, -0.25) is 4.79 Å². The van der Waals surface area contributed by atoms with Crippen LogP contribution < -0.4 is 0 Å². The molecule has 8 atom stereocenters. The highest BCUT2D eigenvalue weighted by Crippen LogP contribution is 2.67. The summed E-state index contributed by atoms with van der Waals surface area (Å²) in [5.74, 6) is 3.58. The Morgan fingerprint density at radius 2 is 1.78 bits per heavy atom. The summed E-state index contributed by atoms with van der Waals surface area (Å²) in [4.78, 5) is 11.5. The van der Waals surface area contributed by atoms with Crippen molar-refractivity contribution in [2.75, 3.05) is 7.11 Å². The van der Waals surface area contributed by atoms with E-state index in [9.17, 15) is 9.90 Å². The monoisotopic (exact) mass is 376 g/mol. The number of hydrogen-bond acceptors (Lipinski definition) is 3. The summed E-state index contributed by atoms with van der Waals surface area (Å²) in [6, 6.07) is 0. The van der Waals surface area contributed by atoms with Crippen molar-refractivity contribution in [2.45, 2.75) is 97.0 Å². The molecule has 3 heteroatoms. The Morgan fingerprint density at radius 1 is 1.00 bits per heavy atom. The van der Waals surface area contributed by atoms with E-state index >= 15 is 0 Å². The Balaban J connectivity index is 1.48. The van der Waals surface area contributed by atoms with Gasteiger partial charge in [-0.1, -0.05) is 26.7 Å². The fourth-order valence-corrected chi connectivity index (χ4v) is 8.53. The Morgan fingerprint density at radius 3 is 2.56 bits per heavy atom. The second kappa shape index (κ2) is 7.35. The summed E-state index contributed by atoms with van der Waals surface area (Å²) in [6.45, 7) is 5.08. The van der Waals surface area contributed by atoms with Gasteiger partial charge in [0.15, 0.2) is 0 Å². The lowest BCUT2D eigenvalue weighted by molar-refractivity contribution is -0.157. The Labute approximate surface area is 165 Å². The van der Waals surface area contributed by atoms with E-state index in [0.717, 1.165) is 36.5 Å². The molecule has 0 aromatic heterocycles. The molecule has 4 fully saturated rings. The fraction of sp³-hybridized carbons (Fsp3) is 0.958. The van der Waals surface area contributed by atoms with Crippen LogP contribution in [0.15, 0.2) is 0 Å². The first-order valence-electron chi connectivity index (χ1n) is 11.6. The molecule has 0 bridgehead atoms. The van der Waals surface area contributed by atoms with Gasteiger partial charge in [-0.25, -0.2) is 0 Å². The molecule has 4 aliphatic carbocycles. The molecule has 0 aromatic rings. The second-order valence-corrected chi connectivity index (χ2v) is 10.8. The van der Waals surface area contributed by atoms with E-state index in [-0.39, 0.29) is 12.1 Å². The Hall–Kier alpha value is -0.570. The maximum atomic E-state index is 11.5. The molecule has 4 rings (SSSR count). The van der Waals surface area contributed by atoms with Crippen LogP contribution >= 0.6 is 0 Å². The van der Waals surface area contributed by atoms with Crippen LogP contribution in [0.4, 0.5) is 0 Å². The zero-order chi connectivity index (χ0) is 19.2. The number of rotatable bonds is 4. The molecule has 0 aliphatic heterocycles. The summed E-state index contributed by atoms with van der Waals surface area (Å²) in [5, 5.41) is 11.1. The maximum absolute atomic E-state index is 11.5. The predicted octanol–water partition coefficient (Wildman–Crippen LogP) is 5.35. The van der Waals surface area contributed by atoms with Crippen molar-refractivity contribution in [1.29, 1.82) is 0 Å². The number of carbonyl (C=O) groups excluding carboxylic acids is 1. The molecule has 0 amide bonds. The van der Waals surface area contributed by atoms with Gasteiger partial charge in [0, 0.05) is 6.42 Å². The van der Waals surface area contributed by atoms with Crippen molar-refractivity contribution in [3.8, 4) is 0 Å². The lowest BCUT2D eigenvalue weighted by atomic mass is 9.44. The van der Waals surface area contributed by atoms with E-state index in [0.29, 0.717) is 23.2 Å². The number of ether oxygens (including phenoxy) is 1. The van der Waals surface area contributed by atoms with Crippen LogP contribution in [0.5, 0.6) is 0 Å². The number of carbonyl (C=O) groups is 1. The molecule has 154 valence electrons. The van der Waals surface area contributed by atoms with Gasteiger partial charge in [0.1, 0.15) is 0 Å². The van der Waals surface area contributed by atoms with Gasteiger partial charge in [0.25, 0.3) is 0 Å². The van der Waals surface area contributed by atoms with E-state index in [4.69, 9.17) is 4.74 Å².